The predicted molar refractivity (Wildman–Crippen MR) is 88.8 cm³/mol. The summed E-state index contributed by atoms with van der Waals surface area (Å²) in [6, 6.07) is 0.574. The van der Waals surface area contributed by atoms with Gasteiger partial charge in [-0.05, 0) is 30.9 Å². The summed E-state index contributed by atoms with van der Waals surface area (Å²) in [5, 5.41) is 8.73. The van der Waals surface area contributed by atoms with E-state index in [2.05, 4.69) is 22.3 Å². The number of nitrogens with zero attached hydrogens (tertiary/aromatic N) is 2. The van der Waals surface area contributed by atoms with Crippen LogP contribution in [0.15, 0.2) is 24.9 Å². The minimum atomic E-state index is -3.69. The van der Waals surface area contributed by atoms with Crippen LogP contribution in [0.2, 0.25) is 0 Å². The first-order chi connectivity index (χ1) is 11.9. The van der Waals surface area contributed by atoms with Crippen LogP contribution in [0.4, 0.5) is 8.78 Å². The van der Waals surface area contributed by atoms with E-state index in [-0.39, 0.29) is 12.5 Å². The quantitative estimate of drug-likeness (QED) is 0.734. The number of hydrogen-bond acceptors (Lipinski definition) is 3. The van der Waals surface area contributed by atoms with Crippen molar-refractivity contribution in [2.45, 2.75) is 44.1 Å². The molecule has 0 bridgehead atoms. The van der Waals surface area contributed by atoms with E-state index in [0.29, 0.717) is 0 Å². The van der Waals surface area contributed by atoms with Crippen molar-refractivity contribution in [2.75, 3.05) is 6.54 Å². The highest BCUT2D eigenvalue weighted by atomic mass is 19.3. The zero-order valence-electron chi connectivity index (χ0n) is 14.3. The van der Waals surface area contributed by atoms with E-state index in [1.54, 1.807) is 0 Å². The number of halogens is 2. The van der Waals surface area contributed by atoms with Crippen LogP contribution in [0.1, 0.15) is 37.8 Å². The van der Waals surface area contributed by atoms with Crippen LogP contribution in [0.3, 0.4) is 0 Å². The van der Waals surface area contributed by atoms with E-state index in [1.165, 1.54) is 13.2 Å². The summed E-state index contributed by atoms with van der Waals surface area (Å²) in [4.78, 5) is 23.7. The summed E-state index contributed by atoms with van der Waals surface area (Å²) < 4.78 is 29.9. The van der Waals surface area contributed by atoms with Gasteiger partial charge in [-0.2, -0.15) is 13.9 Å². The minimum Gasteiger partial charge on any atom is -0.351 e. The normalized spacial score (nSPS) is 16.9. The molecule has 1 atom stereocenters. The van der Waals surface area contributed by atoms with E-state index in [0.717, 1.165) is 48.9 Å². The molecule has 2 amide bonds. The van der Waals surface area contributed by atoms with Crippen molar-refractivity contribution >= 4 is 11.8 Å². The number of nitrogens with one attached hydrogen (secondary N) is 2. The van der Waals surface area contributed by atoms with Gasteiger partial charge >= 0.3 is 5.92 Å². The fourth-order valence-electron chi connectivity index (χ4n) is 3.21. The van der Waals surface area contributed by atoms with Gasteiger partial charge in [0.15, 0.2) is 0 Å². The monoisotopic (exact) mass is 354 g/mol. The molecule has 6 nitrogen and oxygen atoms in total. The van der Waals surface area contributed by atoms with E-state index in [1.807, 2.05) is 0 Å². The lowest BCUT2D eigenvalue weighted by atomic mass is 9.83. The molecule has 0 saturated heterocycles. The number of alkyl halides is 2. The third kappa shape index (κ3) is 4.64. The molecule has 8 heteroatoms. The van der Waals surface area contributed by atoms with Crippen molar-refractivity contribution in [2.24, 2.45) is 13.0 Å². The van der Waals surface area contributed by atoms with Gasteiger partial charge in [0.05, 0.1) is 0 Å². The third-order valence-corrected chi connectivity index (χ3v) is 4.64. The zero-order chi connectivity index (χ0) is 18.4. The molecular weight excluding hydrogens is 330 g/mol. The van der Waals surface area contributed by atoms with Gasteiger partial charge in [-0.25, -0.2) is 0 Å². The maximum absolute atomic E-state index is 14.5. The molecule has 1 aliphatic rings. The van der Waals surface area contributed by atoms with Crippen LogP contribution < -0.4 is 10.6 Å². The first kappa shape index (κ1) is 19.1. The van der Waals surface area contributed by atoms with Crippen molar-refractivity contribution in [1.82, 2.24) is 20.4 Å². The topological polar surface area (TPSA) is 76.0 Å². The van der Waals surface area contributed by atoms with E-state index in [4.69, 9.17) is 0 Å². The first-order valence-electron chi connectivity index (χ1n) is 8.43. The summed E-state index contributed by atoms with van der Waals surface area (Å²) in [7, 11) is 1.36. The molecule has 0 aromatic carbocycles. The standard InChI is InChI=1S/C17H24F2N4O2/c1-3-15(24)20-11-13(12-7-5-4-6-8-12)22-16(25)17(18,19)14-9-10-21-23(14)2/h3,9-10,12-13H,1,4-8,11H2,2H3,(H,20,24)(H,22,25). The summed E-state index contributed by atoms with van der Waals surface area (Å²) >= 11 is 0. The number of rotatable bonds is 7. The molecule has 2 N–H and O–H groups in total. The molecule has 1 unspecified atom stereocenters. The Bertz CT molecular complexity index is 624. The van der Waals surface area contributed by atoms with Crippen molar-refractivity contribution in [3.05, 3.63) is 30.6 Å². The second-order valence-corrected chi connectivity index (χ2v) is 6.34. The fourth-order valence-corrected chi connectivity index (χ4v) is 3.21. The molecule has 0 radical (unpaired) electrons. The highest BCUT2D eigenvalue weighted by Gasteiger charge is 2.44. The van der Waals surface area contributed by atoms with E-state index < -0.39 is 29.5 Å². The van der Waals surface area contributed by atoms with Crippen LogP contribution in [0.5, 0.6) is 0 Å². The first-order valence-corrected chi connectivity index (χ1v) is 8.43. The third-order valence-electron chi connectivity index (χ3n) is 4.64. The van der Waals surface area contributed by atoms with Gasteiger partial charge < -0.3 is 10.6 Å². The van der Waals surface area contributed by atoms with Gasteiger partial charge in [0.25, 0.3) is 5.91 Å². The Morgan fingerprint density at radius 3 is 2.68 bits per heavy atom. The molecule has 1 aromatic heterocycles. The Kier molecular flexibility index (Phi) is 6.27. The number of carbonyl (C=O) groups excluding carboxylic acids is 2. The van der Waals surface area contributed by atoms with Crippen molar-refractivity contribution in [3.8, 4) is 0 Å². The number of amides is 2. The van der Waals surface area contributed by atoms with Gasteiger partial charge in [0.1, 0.15) is 5.69 Å². The summed E-state index contributed by atoms with van der Waals surface area (Å²) in [5.41, 5.74) is -0.470. The van der Waals surface area contributed by atoms with E-state index >= 15 is 0 Å². The fraction of sp³-hybridized carbons (Fsp3) is 0.588. The highest BCUT2D eigenvalue weighted by Crippen LogP contribution is 2.30. The Morgan fingerprint density at radius 1 is 1.44 bits per heavy atom. The molecule has 1 aromatic rings. The average molecular weight is 354 g/mol. The molecule has 1 aliphatic carbocycles. The smallest absolute Gasteiger partial charge is 0.351 e. The average Bonchev–Trinajstić information content (AvgIpc) is 3.05. The molecule has 2 rings (SSSR count). The van der Waals surface area contributed by atoms with Crippen LogP contribution in [0.25, 0.3) is 0 Å². The van der Waals surface area contributed by atoms with Crippen LogP contribution >= 0.6 is 0 Å². The van der Waals surface area contributed by atoms with Gasteiger partial charge in [0.2, 0.25) is 5.91 Å². The molecule has 0 spiro atoms. The maximum Gasteiger partial charge on any atom is 0.365 e. The van der Waals surface area contributed by atoms with Crippen molar-refractivity contribution < 1.29 is 18.4 Å². The second-order valence-electron chi connectivity index (χ2n) is 6.34. The lowest BCUT2D eigenvalue weighted by Crippen LogP contribution is -2.52. The SMILES string of the molecule is C=CC(=O)NCC(NC(=O)C(F)(F)c1ccnn1C)C1CCCCC1. The van der Waals surface area contributed by atoms with Crippen LogP contribution in [-0.4, -0.2) is 34.2 Å². The second kappa shape index (κ2) is 8.22. The maximum atomic E-state index is 14.5. The van der Waals surface area contributed by atoms with Gasteiger partial charge in [-0.1, -0.05) is 25.8 Å². The summed E-state index contributed by atoms with van der Waals surface area (Å²) in [5.74, 6) is -5.40. The van der Waals surface area contributed by atoms with Gasteiger partial charge in [-0.15, -0.1) is 0 Å². The number of aryl methyl sites for hydroxylation is 1. The highest BCUT2D eigenvalue weighted by molar-refractivity contribution is 5.87. The minimum absolute atomic E-state index is 0.0603. The number of aromatic nitrogens is 2. The number of carbonyl (C=O) groups is 2. The lowest BCUT2D eigenvalue weighted by Gasteiger charge is -2.32. The Labute approximate surface area is 145 Å². The molecule has 25 heavy (non-hydrogen) atoms. The van der Waals surface area contributed by atoms with Gasteiger partial charge in [-0.3, -0.25) is 14.3 Å². The number of hydrogen-bond donors (Lipinski definition) is 2. The molecular formula is C17H24F2N4O2. The molecule has 0 aliphatic heterocycles. The van der Waals surface area contributed by atoms with Crippen molar-refractivity contribution in [1.29, 1.82) is 0 Å². The van der Waals surface area contributed by atoms with Crippen LogP contribution in [0, 0.1) is 5.92 Å². The van der Waals surface area contributed by atoms with Crippen LogP contribution in [-0.2, 0) is 22.6 Å². The van der Waals surface area contributed by atoms with E-state index in [9.17, 15) is 18.4 Å². The van der Waals surface area contributed by atoms with Crippen molar-refractivity contribution in [3.63, 3.8) is 0 Å². The molecule has 138 valence electrons. The Hall–Kier alpha value is -2.25. The molecule has 1 saturated carbocycles. The zero-order valence-corrected chi connectivity index (χ0v) is 14.3. The summed E-state index contributed by atoms with van der Waals surface area (Å²) in [6.45, 7) is 3.47. The Balaban J connectivity index is 2.10. The van der Waals surface area contributed by atoms with Gasteiger partial charge in [0, 0.05) is 25.8 Å². The molecule has 1 heterocycles. The summed E-state index contributed by atoms with van der Waals surface area (Å²) in [6.07, 6.45) is 7.10. The lowest BCUT2D eigenvalue weighted by molar-refractivity contribution is -0.149. The largest absolute Gasteiger partial charge is 0.365 e. The Morgan fingerprint density at radius 2 is 2.12 bits per heavy atom. The molecule has 1 fully saturated rings. The predicted octanol–water partition coefficient (Wildman–Crippen LogP) is 1.88.